The number of halogens is 3. The largest absolute Gasteiger partial charge is 0.493 e. The van der Waals surface area contributed by atoms with Gasteiger partial charge in [0.25, 0.3) is 5.91 Å². The van der Waals surface area contributed by atoms with Gasteiger partial charge in [0.2, 0.25) is 17.7 Å². The molecule has 3 N–H and O–H groups in total. The number of hydrogen-bond donors (Lipinski definition) is 4. The van der Waals surface area contributed by atoms with Gasteiger partial charge in [-0.05, 0) is 113 Å². The van der Waals surface area contributed by atoms with Crippen LogP contribution in [0.15, 0.2) is 54.7 Å². The summed E-state index contributed by atoms with van der Waals surface area (Å²) in [7, 11) is 0. The number of pyridine rings is 1. The van der Waals surface area contributed by atoms with Crippen molar-refractivity contribution in [3.05, 3.63) is 71.5 Å². The van der Waals surface area contributed by atoms with E-state index in [1.807, 2.05) is 25.1 Å². The van der Waals surface area contributed by atoms with E-state index in [0.717, 1.165) is 55.1 Å². The number of ether oxygens (including phenoxy) is 1. The Balaban J connectivity index is 0.992. The summed E-state index contributed by atoms with van der Waals surface area (Å²) in [5.41, 5.74) is -1.43. The Kier molecular flexibility index (Phi) is 12.3. The van der Waals surface area contributed by atoms with Crippen molar-refractivity contribution in [2.24, 2.45) is 5.92 Å². The number of aromatic nitrogens is 1. The Morgan fingerprint density at radius 1 is 1.07 bits per heavy atom. The molecule has 2 atom stereocenters. The Bertz CT molecular complexity index is 2070. The number of thiol groups is 1. The quantitative estimate of drug-likeness (QED) is 0.132. The van der Waals surface area contributed by atoms with Crippen LogP contribution in [0, 0.1) is 17.2 Å². The van der Waals surface area contributed by atoms with Crippen LogP contribution in [0.25, 0.3) is 0 Å². The lowest BCUT2D eigenvalue weighted by Crippen LogP contribution is -2.47. The minimum Gasteiger partial charge on any atom is -0.493 e. The van der Waals surface area contributed by atoms with Crippen LogP contribution in [0.5, 0.6) is 5.75 Å². The number of piperidine rings is 2. The van der Waals surface area contributed by atoms with Gasteiger partial charge in [-0.1, -0.05) is 13.0 Å². The highest BCUT2D eigenvalue weighted by Crippen LogP contribution is 2.43. The van der Waals surface area contributed by atoms with E-state index < -0.39 is 40.4 Å². The van der Waals surface area contributed by atoms with E-state index in [1.54, 1.807) is 43.0 Å². The summed E-state index contributed by atoms with van der Waals surface area (Å²) in [6.45, 7) is 7.63. The molecule has 2 unspecified atom stereocenters. The Labute approximate surface area is 334 Å². The Morgan fingerprint density at radius 2 is 1.81 bits per heavy atom. The first-order valence-corrected chi connectivity index (χ1v) is 19.4. The molecule has 57 heavy (non-hydrogen) atoms. The van der Waals surface area contributed by atoms with Gasteiger partial charge in [0, 0.05) is 23.5 Å². The van der Waals surface area contributed by atoms with Crippen molar-refractivity contribution < 1.29 is 37.1 Å². The molecule has 3 aliphatic heterocycles. The van der Waals surface area contributed by atoms with E-state index >= 15 is 0 Å². The molecule has 13 nitrogen and oxygen atoms in total. The highest BCUT2D eigenvalue weighted by Gasteiger charge is 2.52. The second kappa shape index (κ2) is 17.0. The molecule has 2 aromatic carbocycles. The van der Waals surface area contributed by atoms with Crippen molar-refractivity contribution in [2.45, 2.75) is 82.6 Å². The third kappa shape index (κ3) is 9.29. The molecule has 1 aromatic heterocycles. The lowest BCUT2D eigenvalue weighted by atomic mass is 9.94. The number of likely N-dealkylation sites (tertiary alicyclic amines) is 1. The lowest BCUT2D eigenvalue weighted by Gasteiger charge is -2.34. The number of nitrogens with zero attached hydrogens (tertiary/aromatic N) is 5. The number of nitrogens with one attached hydrogen (secondary N) is 3. The molecule has 17 heteroatoms. The molecule has 3 fully saturated rings. The summed E-state index contributed by atoms with van der Waals surface area (Å²) in [5, 5.41) is 17.6. The molecular weight excluding hydrogens is 762 g/mol. The van der Waals surface area contributed by atoms with Gasteiger partial charge in [0.15, 0.2) is 11.2 Å². The SMILES string of the molecule is CCc1cc(N2C(S)N(c3cnc(C#N)c(C(F)(F)F)c3)C(=O)C2(C)C)ccc1OCCC1CCN(CC(=O)Nc2cccc(NC3CCC(=O)NC3=O)c2)CC1. The van der Waals surface area contributed by atoms with Gasteiger partial charge < -0.3 is 20.3 Å². The fourth-order valence-electron chi connectivity index (χ4n) is 7.53. The van der Waals surface area contributed by atoms with Crippen LogP contribution in [-0.2, 0) is 31.8 Å². The summed E-state index contributed by atoms with van der Waals surface area (Å²) in [5.74, 6) is -0.127. The number of carbonyl (C=O) groups is 4. The number of hydrogen-bond acceptors (Lipinski definition) is 11. The first kappa shape index (κ1) is 41.3. The number of amides is 4. The predicted molar refractivity (Wildman–Crippen MR) is 211 cm³/mol. The van der Waals surface area contributed by atoms with Gasteiger partial charge in [-0.15, -0.1) is 12.6 Å². The summed E-state index contributed by atoms with van der Waals surface area (Å²) in [4.78, 5) is 58.8. The summed E-state index contributed by atoms with van der Waals surface area (Å²) in [6.07, 6.45) is 0.206. The van der Waals surface area contributed by atoms with E-state index in [0.29, 0.717) is 48.2 Å². The highest BCUT2D eigenvalue weighted by molar-refractivity contribution is 7.81. The zero-order valence-electron chi connectivity index (χ0n) is 31.9. The van der Waals surface area contributed by atoms with Crippen LogP contribution < -0.4 is 30.5 Å². The zero-order valence-corrected chi connectivity index (χ0v) is 32.8. The van der Waals surface area contributed by atoms with Crippen molar-refractivity contribution in [3.63, 3.8) is 0 Å². The minimum atomic E-state index is -4.84. The third-order valence-corrected chi connectivity index (χ3v) is 11.1. The Hall–Kier alpha value is -5.34. The standard InChI is InChI=1S/C40H45F3N8O5S/c1-4-25-18-28(51-38(57)50(37(55)39(51,2)3)29-20-30(40(41,42)43)32(21-44)45-22-29)8-10-33(25)56-17-14-24-12-15-49(16-13-24)23-35(53)47-27-7-5-6-26(19-27)46-31-9-11-34(52)48-36(31)54/h5-8,10,18-20,22,24,31,38,46,57H,4,9,11-17,23H2,1-3H3,(H,47,53)(H,48,52,54). The molecule has 302 valence electrons. The zero-order chi connectivity index (χ0) is 41.1. The first-order chi connectivity index (χ1) is 27.1. The molecule has 4 amide bonds. The smallest absolute Gasteiger partial charge is 0.419 e. The number of nitriles is 1. The van der Waals surface area contributed by atoms with Crippen molar-refractivity contribution >= 4 is 59.0 Å². The van der Waals surface area contributed by atoms with Gasteiger partial charge >= 0.3 is 6.18 Å². The Morgan fingerprint density at radius 3 is 2.49 bits per heavy atom. The van der Waals surface area contributed by atoms with E-state index in [4.69, 9.17) is 17.4 Å². The van der Waals surface area contributed by atoms with Crippen molar-refractivity contribution in [1.82, 2.24) is 15.2 Å². The molecule has 4 heterocycles. The van der Waals surface area contributed by atoms with Crippen molar-refractivity contribution in [1.29, 1.82) is 5.26 Å². The number of benzene rings is 2. The number of alkyl halides is 3. The molecule has 3 saturated heterocycles. The number of aryl methyl sites for hydroxylation is 1. The maximum Gasteiger partial charge on any atom is 0.419 e. The predicted octanol–water partition coefficient (Wildman–Crippen LogP) is 5.72. The summed E-state index contributed by atoms with van der Waals surface area (Å²) < 4.78 is 47.4. The van der Waals surface area contributed by atoms with Gasteiger partial charge in [-0.3, -0.25) is 34.3 Å². The van der Waals surface area contributed by atoms with Crippen LogP contribution in [0.2, 0.25) is 0 Å². The van der Waals surface area contributed by atoms with Gasteiger partial charge in [-0.2, -0.15) is 18.4 Å². The second-order valence-electron chi connectivity index (χ2n) is 14.9. The minimum absolute atomic E-state index is 0.115. The topological polar surface area (TPSA) is 160 Å². The van der Waals surface area contributed by atoms with Crippen LogP contribution in [0.3, 0.4) is 0 Å². The molecule has 0 bridgehead atoms. The number of carbonyl (C=O) groups excluding carboxylic acids is 4. The molecule has 3 aliphatic rings. The average Bonchev–Trinajstić information content (AvgIpc) is 3.34. The molecule has 0 spiro atoms. The fraction of sp³-hybridized carbons (Fsp3) is 0.450. The van der Waals surface area contributed by atoms with Gasteiger partial charge in [0.05, 0.1) is 30.6 Å². The third-order valence-electron chi connectivity index (χ3n) is 10.7. The van der Waals surface area contributed by atoms with Crippen molar-refractivity contribution in [2.75, 3.05) is 46.7 Å². The normalized spacial score (nSPS) is 20.3. The number of anilines is 4. The molecule has 0 saturated carbocycles. The van der Waals surface area contributed by atoms with Crippen LogP contribution in [0.4, 0.5) is 35.9 Å². The molecule has 0 aliphatic carbocycles. The second-order valence-corrected chi connectivity index (χ2v) is 15.4. The molecule has 3 aromatic rings. The van der Waals surface area contributed by atoms with Crippen LogP contribution in [0.1, 0.15) is 69.7 Å². The highest BCUT2D eigenvalue weighted by atomic mass is 32.1. The first-order valence-electron chi connectivity index (χ1n) is 18.9. The molecule has 6 rings (SSSR count). The summed E-state index contributed by atoms with van der Waals surface area (Å²) in [6, 6.07) is 14.4. The molecule has 0 radical (unpaired) electrons. The maximum atomic E-state index is 13.7. The number of imide groups is 1. The van der Waals surface area contributed by atoms with Gasteiger partial charge in [-0.25, -0.2) is 4.98 Å². The van der Waals surface area contributed by atoms with Gasteiger partial charge in [0.1, 0.15) is 23.4 Å². The van der Waals surface area contributed by atoms with Crippen LogP contribution in [-0.4, -0.2) is 76.8 Å². The monoisotopic (exact) mass is 806 g/mol. The lowest BCUT2D eigenvalue weighted by molar-refractivity contribution is -0.138. The van der Waals surface area contributed by atoms with E-state index in [9.17, 15) is 37.6 Å². The van der Waals surface area contributed by atoms with E-state index in [2.05, 4.69) is 25.8 Å². The molecular formula is C40H45F3N8O5S. The van der Waals surface area contributed by atoms with E-state index in [1.165, 1.54) is 6.07 Å². The van der Waals surface area contributed by atoms with E-state index in [-0.39, 0.29) is 36.4 Å². The average molecular weight is 807 g/mol. The fourth-order valence-corrected chi connectivity index (χ4v) is 8.19. The number of rotatable bonds is 12. The van der Waals surface area contributed by atoms with Crippen molar-refractivity contribution in [3.8, 4) is 11.8 Å². The summed E-state index contributed by atoms with van der Waals surface area (Å²) >= 11 is 4.69. The van der Waals surface area contributed by atoms with Crippen LogP contribution >= 0.6 is 12.6 Å². The maximum absolute atomic E-state index is 13.7.